The van der Waals surface area contributed by atoms with Gasteiger partial charge in [-0.1, -0.05) is 19.1 Å². The third-order valence-electron chi connectivity index (χ3n) is 3.78. The van der Waals surface area contributed by atoms with Crippen LogP contribution in [0, 0.1) is 0 Å². The van der Waals surface area contributed by atoms with Crippen molar-refractivity contribution in [2.24, 2.45) is 0 Å². The number of pyridine rings is 1. The average molecular weight is 334 g/mol. The Balaban J connectivity index is 1.75. The lowest BCUT2D eigenvalue weighted by Gasteiger charge is -2.08. The maximum Gasteiger partial charge on any atom is 0.267 e. The zero-order chi connectivity index (χ0) is 17.6. The summed E-state index contributed by atoms with van der Waals surface area (Å²) in [6.07, 6.45) is 4.24. The number of amides is 1. The van der Waals surface area contributed by atoms with Crippen molar-refractivity contribution in [1.29, 1.82) is 0 Å². The number of carbonyl (C=O) groups excluding carboxylic acids is 1. The molecule has 6 heteroatoms. The second-order valence-corrected chi connectivity index (χ2v) is 5.55. The highest BCUT2D eigenvalue weighted by Gasteiger charge is 2.08. The highest BCUT2D eigenvalue weighted by Crippen LogP contribution is 2.13. The molecule has 1 amide bonds. The second kappa shape index (κ2) is 7.53. The van der Waals surface area contributed by atoms with Crippen molar-refractivity contribution in [2.45, 2.75) is 19.9 Å². The molecule has 3 aromatic rings. The van der Waals surface area contributed by atoms with Crippen LogP contribution in [0.5, 0.6) is 0 Å². The van der Waals surface area contributed by atoms with Crippen LogP contribution < -0.4 is 10.9 Å². The molecular weight excluding hydrogens is 316 g/mol. The minimum absolute atomic E-state index is 0.146. The van der Waals surface area contributed by atoms with E-state index in [9.17, 15) is 9.59 Å². The Labute approximate surface area is 145 Å². The molecule has 25 heavy (non-hydrogen) atoms. The molecule has 2 heterocycles. The molecule has 0 spiro atoms. The van der Waals surface area contributed by atoms with Crippen LogP contribution >= 0.6 is 0 Å². The highest BCUT2D eigenvalue weighted by atomic mass is 16.2. The Morgan fingerprint density at radius 1 is 1.04 bits per heavy atom. The SMILES string of the molecule is CCc1ccc(NC(=O)Cn2nc(-c3ccncc3)ccc2=O)cc1. The number of hydrogen-bond acceptors (Lipinski definition) is 4. The van der Waals surface area contributed by atoms with Crippen LogP contribution in [-0.4, -0.2) is 20.7 Å². The summed E-state index contributed by atoms with van der Waals surface area (Å²) in [6.45, 7) is 1.93. The van der Waals surface area contributed by atoms with Gasteiger partial charge in [-0.15, -0.1) is 0 Å². The van der Waals surface area contributed by atoms with Gasteiger partial charge in [-0.05, 0) is 42.3 Å². The molecular formula is C19H18N4O2. The summed E-state index contributed by atoms with van der Waals surface area (Å²) < 4.78 is 1.16. The minimum atomic E-state index is -0.325. The zero-order valence-corrected chi connectivity index (χ0v) is 13.8. The van der Waals surface area contributed by atoms with Gasteiger partial charge in [-0.25, -0.2) is 4.68 Å². The average Bonchev–Trinajstić information content (AvgIpc) is 2.65. The molecule has 0 bridgehead atoms. The zero-order valence-electron chi connectivity index (χ0n) is 13.8. The summed E-state index contributed by atoms with van der Waals surface area (Å²) in [5, 5.41) is 7.05. The van der Waals surface area contributed by atoms with E-state index >= 15 is 0 Å². The molecule has 0 unspecified atom stereocenters. The van der Waals surface area contributed by atoms with E-state index in [4.69, 9.17) is 0 Å². The molecule has 3 rings (SSSR count). The molecule has 0 fully saturated rings. The van der Waals surface area contributed by atoms with Gasteiger partial charge in [0.15, 0.2) is 0 Å². The maximum absolute atomic E-state index is 12.2. The van der Waals surface area contributed by atoms with Crippen molar-refractivity contribution in [3.05, 3.63) is 76.8 Å². The third kappa shape index (κ3) is 4.17. The summed E-state index contributed by atoms with van der Waals surface area (Å²) in [4.78, 5) is 28.2. The topological polar surface area (TPSA) is 76.9 Å². The molecule has 126 valence electrons. The molecule has 1 N–H and O–H groups in total. The number of aryl methyl sites for hydroxylation is 1. The Kier molecular flexibility index (Phi) is 4.99. The number of nitrogens with zero attached hydrogens (tertiary/aromatic N) is 3. The lowest BCUT2D eigenvalue weighted by Crippen LogP contribution is -2.29. The van der Waals surface area contributed by atoms with Crippen LogP contribution in [0.15, 0.2) is 65.7 Å². The van der Waals surface area contributed by atoms with E-state index in [1.807, 2.05) is 24.3 Å². The van der Waals surface area contributed by atoms with Crippen molar-refractivity contribution in [3.63, 3.8) is 0 Å². The van der Waals surface area contributed by atoms with Gasteiger partial charge in [-0.3, -0.25) is 14.6 Å². The van der Waals surface area contributed by atoms with Gasteiger partial charge in [0, 0.05) is 29.7 Å². The van der Waals surface area contributed by atoms with Gasteiger partial charge in [0.1, 0.15) is 6.54 Å². The van der Waals surface area contributed by atoms with Crippen LogP contribution in [-0.2, 0) is 17.8 Å². The van der Waals surface area contributed by atoms with E-state index in [1.165, 1.54) is 11.6 Å². The summed E-state index contributed by atoms with van der Waals surface area (Å²) in [5.74, 6) is -0.300. The molecule has 2 aromatic heterocycles. The number of carbonyl (C=O) groups is 1. The number of benzene rings is 1. The molecule has 0 saturated carbocycles. The number of aromatic nitrogens is 3. The van der Waals surface area contributed by atoms with Gasteiger partial charge in [0.2, 0.25) is 5.91 Å². The Morgan fingerprint density at radius 2 is 1.76 bits per heavy atom. The second-order valence-electron chi connectivity index (χ2n) is 5.55. The predicted octanol–water partition coefficient (Wildman–Crippen LogP) is 2.51. The van der Waals surface area contributed by atoms with Crippen molar-refractivity contribution < 1.29 is 4.79 Å². The van der Waals surface area contributed by atoms with Gasteiger partial charge >= 0.3 is 0 Å². The lowest BCUT2D eigenvalue weighted by molar-refractivity contribution is -0.117. The standard InChI is InChI=1S/C19H18N4O2/c1-2-14-3-5-16(6-4-14)21-18(24)13-23-19(25)8-7-17(22-23)15-9-11-20-12-10-15/h3-12H,2,13H2,1H3,(H,21,24). The number of rotatable bonds is 5. The van der Waals surface area contributed by atoms with E-state index in [1.54, 1.807) is 30.6 Å². The number of hydrogen-bond donors (Lipinski definition) is 1. The van der Waals surface area contributed by atoms with Crippen molar-refractivity contribution in [3.8, 4) is 11.3 Å². The Hall–Kier alpha value is -3.28. The lowest BCUT2D eigenvalue weighted by atomic mass is 10.1. The van der Waals surface area contributed by atoms with Gasteiger partial charge < -0.3 is 5.32 Å². The quantitative estimate of drug-likeness (QED) is 0.778. The molecule has 1 aromatic carbocycles. The fraction of sp³-hybridized carbons (Fsp3) is 0.158. The largest absolute Gasteiger partial charge is 0.324 e. The van der Waals surface area contributed by atoms with Crippen LogP contribution in [0.4, 0.5) is 5.69 Å². The van der Waals surface area contributed by atoms with E-state index in [0.29, 0.717) is 11.4 Å². The van der Waals surface area contributed by atoms with Gasteiger partial charge in [0.25, 0.3) is 5.56 Å². The van der Waals surface area contributed by atoms with E-state index in [2.05, 4.69) is 22.3 Å². The van der Waals surface area contributed by atoms with Crippen molar-refractivity contribution >= 4 is 11.6 Å². The summed E-state index contributed by atoms with van der Waals surface area (Å²) >= 11 is 0. The molecule has 0 radical (unpaired) electrons. The minimum Gasteiger partial charge on any atom is -0.324 e. The Morgan fingerprint density at radius 3 is 2.44 bits per heavy atom. The van der Waals surface area contributed by atoms with Gasteiger partial charge in [0.05, 0.1) is 5.69 Å². The van der Waals surface area contributed by atoms with E-state index < -0.39 is 0 Å². The number of nitrogens with one attached hydrogen (secondary N) is 1. The monoisotopic (exact) mass is 334 g/mol. The fourth-order valence-corrected chi connectivity index (χ4v) is 2.40. The highest BCUT2D eigenvalue weighted by molar-refractivity contribution is 5.90. The van der Waals surface area contributed by atoms with Crippen molar-refractivity contribution in [1.82, 2.24) is 14.8 Å². The van der Waals surface area contributed by atoms with Crippen molar-refractivity contribution in [2.75, 3.05) is 5.32 Å². The molecule has 0 aliphatic carbocycles. The first kappa shape index (κ1) is 16.6. The molecule has 0 atom stereocenters. The smallest absolute Gasteiger partial charge is 0.267 e. The summed E-state index contributed by atoms with van der Waals surface area (Å²) in [6, 6.07) is 14.3. The number of anilines is 1. The van der Waals surface area contributed by atoms with E-state index in [-0.39, 0.29) is 18.0 Å². The maximum atomic E-state index is 12.2. The van der Waals surface area contributed by atoms with Crippen LogP contribution in [0.3, 0.4) is 0 Å². The van der Waals surface area contributed by atoms with E-state index in [0.717, 1.165) is 16.7 Å². The summed E-state index contributed by atoms with van der Waals surface area (Å²) in [5.41, 5.74) is 3.01. The first-order valence-electron chi connectivity index (χ1n) is 8.03. The summed E-state index contributed by atoms with van der Waals surface area (Å²) in [7, 11) is 0. The molecule has 0 aliphatic rings. The van der Waals surface area contributed by atoms with Gasteiger partial charge in [-0.2, -0.15) is 5.10 Å². The first-order valence-corrected chi connectivity index (χ1v) is 8.03. The molecule has 6 nitrogen and oxygen atoms in total. The fourth-order valence-electron chi connectivity index (χ4n) is 2.40. The van der Waals surface area contributed by atoms with Crippen LogP contribution in [0.2, 0.25) is 0 Å². The first-order chi connectivity index (χ1) is 12.2. The third-order valence-corrected chi connectivity index (χ3v) is 3.78. The molecule has 0 aliphatic heterocycles. The predicted molar refractivity (Wildman–Crippen MR) is 96.2 cm³/mol. The molecule has 0 saturated heterocycles. The normalized spacial score (nSPS) is 10.4. The van der Waals surface area contributed by atoms with Crippen LogP contribution in [0.1, 0.15) is 12.5 Å². The Bertz CT molecular complexity index is 918. The van der Waals surface area contributed by atoms with Crippen LogP contribution in [0.25, 0.3) is 11.3 Å².